The fourth-order valence-electron chi connectivity index (χ4n) is 8.32. The third-order valence-electron chi connectivity index (χ3n) is 11.9. The van der Waals surface area contributed by atoms with Crippen molar-refractivity contribution in [2.45, 2.75) is 102 Å². The van der Waals surface area contributed by atoms with Gasteiger partial charge in [-0.2, -0.15) is 0 Å². The minimum atomic E-state index is -3.70. The van der Waals surface area contributed by atoms with Crippen LogP contribution in [0.15, 0.2) is 182 Å². The van der Waals surface area contributed by atoms with E-state index >= 15 is 0 Å². The van der Waals surface area contributed by atoms with E-state index in [0.29, 0.717) is 24.1 Å². The van der Waals surface area contributed by atoms with Gasteiger partial charge in [-0.25, -0.2) is 0 Å². The van der Waals surface area contributed by atoms with Crippen molar-refractivity contribution in [2.24, 2.45) is 0 Å². The Labute approximate surface area is 402 Å². The molecule has 3 aromatic heterocycles. The van der Waals surface area contributed by atoms with Gasteiger partial charge >= 0.3 is 0 Å². The lowest BCUT2D eigenvalue weighted by Crippen LogP contribution is -2.23. The van der Waals surface area contributed by atoms with Gasteiger partial charge in [0.1, 0.15) is 0 Å². The number of nitrogens with zero attached hydrogens (tertiary/aromatic N) is 3. The Morgan fingerprint density at radius 3 is 1.44 bits per heavy atom. The van der Waals surface area contributed by atoms with Gasteiger partial charge in [0.25, 0.3) is 0 Å². The van der Waals surface area contributed by atoms with E-state index in [9.17, 15) is 6.85 Å². The predicted molar refractivity (Wildman–Crippen MR) is 268 cm³/mol. The molecule has 64 heavy (non-hydrogen) atoms. The molecule has 3 heteroatoms. The topological polar surface area (TPSA) is 38.7 Å². The van der Waals surface area contributed by atoms with Crippen molar-refractivity contribution in [1.82, 2.24) is 15.0 Å². The summed E-state index contributed by atoms with van der Waals surface area (Å²) in [5.74, 6) is -3.35. The highest BCUT2D eigenvalue weighted by Crippen LogP contribution is 2.37. The molecule has 0 unspecified atom stereocenters. The maximum Gasteiger partial charge on any atom is 0.0708 e. The fraction of sp³-hybridized carbons (Fsp3) is 0.262. The first-order valence-electron chi connectivity index (χ1n) is 29.2. The summed E-state index contributed by atoms with van der Waals surface area (Å²) in [7, 11) is 0. The molecule has 3 heterocycles. The second-order valence-corrected chi connectivity index (χ2v) is 17.6. The molecule has 1 fully saturated rings. The Morgan fingerprint density at radius 1 is 0.484 bits per heavy atom. The van der Waals surface area contributed by atoms with Crippen LogP contribution < -0.4 is 0 Å². The number of aryl methyl sites for hydroxylation is 2. The van der Waals surface area contributed by atoms with Gasteiger partial charge in [-0.3, -0.25) is 15.0 Å². The number of pyridine rings is 3. The standard InChI is InChI=1S/C61H61N3/c1-60(2,54-31-33-57(63-42-54)50-19-11-6-12-20-50)39-45-35-44(36-46(37-45)40-61(3,4)55-32-34-58(64-43-55)51-21-13-7-14-22-51)25-26-53-41-62-59(52-23-15-8-16-24-52)38-56(53)49-29-27-48(28-30-49)47-17-9-5-10-18-47/h6-8,11-16,19-24,27-38,41-43,47H,5,9-10,17-18,25-26,39-40H2,1-4H3/i5D2,9D2,10D2,17D2,18D2,25D2,26D2,47D. The summed E-state index contributed by atoms with van der Waals surface area (Å²) in [6.07, 6.45) is -18.1. The van der Waals surface area contributed by atoms with Crippen LogP contribution in [0.25, 0.3) is 44.9 Å². The minimum absolute atomic E-state index is 0.0708. The Morgan fingerprint density at radius 2 is 0.953 bits per heavy atom. The van der Waals surface area contributed by atoms with Gasteiger partial charge in [-0.15, -0.1) is 0 Å². The number of benzene rings is 5. The van der Waals surface area contributed by atoms with Crippen molar-refractivity contribution in [1.29, 1.82) is 0 Å². The third kappa shape index (κ3) is 10.2. The molecule has 5 aromatic carbocycles. The van der Waals surface area contributed by atoms with E-state index in [1.807, 2.05) is 91.3 Å². The molecular formula is C61H61N3. The van der Waals surface area contributed by atoms with Gasteiger partial charge < -0.3 is 0 Å². The SMILES string of the molecule is [2H]C([2H])(c1cc(CC(C)(C)c2ccc(-c3ccccc3)nc2)cc(CC(C)(C)c2ccc(-c3ccccc3)nc2)c1)C([2H])([2H])c1cnc(-c2ccccc2)cc1-c1ccc(C2([2H])C([2H])([2H])C([2H])([2H])C([2H])([2H])C([2H])([2H])C2([2H])[2H])cc1. The highest BCUT2D eigenvalue weighted by molar-refractivity contribution is 5.73. The molecule has 0 aliphatic heterocycles. The van der Waals surface area contributed by atoms with Gasteiger partial charge in [-0.1, -0.05) is 192 Å². The fourth-order valence-corrected chi connectivity index (χ4v) is 8.32. The summed E-state index contributed by atoms with van der Waals surface area (Å²) in [6, 6.07) is 48.9. The minimum Gasteiger partial charge on any atom is -0.256 e. The van der Waals surface area contributed by atoms with E-state index in [-0.39, 0.29) is 22.3 Å². The maximum atomic E-state index is 10.0. The molecule has 0 spiro atoms. The zero-order valence-electron chi connectivity index (χ0n) is 51.6. The summed E-state index contributed by atoms with van der Waals surface area (Å²) in [5.41, 5.74) is 6.81. The van der Waals surface area contributed by atoms with Crippen LogP contribution >= 0.6 is 0 Å². The number of hydrogen-bond acceptors (Lipinski definition) is 3. The first-order chi connectivity index (χ1) is 36.8. The van der Waals surface area contributed by atoms with Crippen molar-refractivity contribution in [3.8, 4) is 44.9 Å². The molecule has 0 radical (unpaired) electrons. The first kappa shape index (κ1) is 28.4. The van der Waals surface area contributed by atoms with E-state index in [2.05, 4.69) is 50.9 Å². The van der Waals surface area contributed by atoms with Crippen molar-refractivity contribution in [3.63, 3.8) is 0 Å². The average molecular weight is 851 g/mol. The van der Waals surface area contributed by atoms with Crippen LogP contribution in [0.2, 0.25) is 0 Å². The quantitative estimate of drug-likeness (QED) is 0.109. The molecule has 1 aliphatic rings. The van der Waals surface area contributed by atoms with Crippen molar-refractivity contribution in [3.05, 3.63) is 221 Å². The summed E-state index contributed by atoms with van der Waals surface area (Å²) in [6.45, 7) is 8.38. The predicted octanol–water partition coefficient (Wildman–Crippen LogP) is 15.4. The largest absolute Gasteiger partial charge is 0.256 e. The molecule has 1 aliphatic carbocycles. The number of aromatic nitrogens is 3. The van der Waals surface area contributed by atoms with E-state index in [1.54, 1.807) is 42.5 Å². The Kier molecular flexibility index (Phi) is 8.47. The Balaban J connectivity index is 1.14. The molecule has 0 atom stereocenters. The van der Waals surface area contributed by atoms with Crippen LogP contribution in [0.1, 0.15) is 125 Å². The molecule has 9 rings (SSSR count). The van der Waals surface area contributed by atoms with Crippen LogP contribution in [-0.4, -0.2) is 15.0 Å². The second kappa shape index (κ2) is 19.1. The zero-order chi connectivity index (χ0) is 57.4. The van der Waals surface area contributed by atoms with Crippen LogP contribution in [-0.2, 0) is 36.4 Å². The molecule has 8 aromatic rings. The van der Waals surface area contributed by atoms with E-state index in [4.69, 9.17) is 23.7 Å². The Hall–Kier alpha value is -6.45. The molecule has 0 N–H and O–H groups in total. The lowest BCUT2D eigenvalue weighted by molar-refractivity contribution is 0.443. The number of rotatable bonds is 14. The van der Waals surface area contributed by atoms with Crippen LogP contribution in [0.5, 0.6) is 0 Å². The lowest BCUT2D eigenvalue weighted by atomic mass is 9.77. The molecular weight excluding hydrogens is 775 g/mol. The Bertz CT molecular complexity index is 3330. The van der Waals surface area contributed by atoms with Crippen LogP contribution in [0.4, 0.5) is 0 Å². The maximum absolute atomic E-state index is 10.0. The van der Waals surface area contributed by atoms with E-state index in [1.165, 1.54) is 18.3 Å². The summed E-state index contributed by atoms with van der Waals surface area (Å²) >= 11 is 0. The molecule has 0 bridgehead atoms. The highest BCUT2D eigenvalue weighted by atomic mass is 14.7. The summed E-state index contributed by atoms with van der Waals surface area (Å²) < 4.78 is 136. The molecule has 3 nitrogen and oxygen atoms in total. The normalized spacial score (nSPS) is 21.8. The van der Waals surface area contributed by atoms with Crippen molar-refractivity contribution >= 4 is 0 Å². The summed E-state index contributed by atoms with van der Waals surface area (Å²) in [5, 5.41) is 0. The lowest BCUT2D eigenvalue weighted by Gasteiger charge is -2.28. The van der Waals surface area contributed by atoms with Crippen LogP contribution in [0.3, 0.4) is 0 Å². The monoisotopic (exact) mass is 851 g/mol. The average Bonchev–Trinajstić information content (AvgIpc) is 3.30. The third-order valence-corrected chi connectivity index (χ3v) is 11.9. The molecule has 0 amide bonds. The van der Waals surface area contributed by atoms with Gasteiger partial charge in [0.05, 0.1) is 17.1 Å². The molecule has 320 valence electrons. The van der Waals surface area contributed by atoms with Crippen molar-refractivity contribution in [2.75, 3.05) is 0 Å². The highest BCUT2D eigenvalue weighted by Gasteiger charge is 2.26. The van der Waals surface area contributed by atoms with Gasteiger partial charge in [0.15, 0.2) is 0 Å². The van der Waals surface area contributed by atoms with Gasteiger partial charge in [-0.05, 0) is 123 Å². The summed E-state index contributed by atoms with van der Waals surface area (Å²) in [4.78, 5) is 14.3. The molecule has 1 saturated carbocycles. The van der Waals surface area contributed by atoms with E-state index in [0.717, 1.165) is 56.9 Å². The second-order valence-electron chi connectivity index (χ2n) is 17.6. The van der Waals surface area contributed by atoms with Gasteiger partial charge in [0.2, 0.25) is 0 Å². The van der Waals surface area contributed by atoms with Gasteiger partial charge in [0, 0.05) is 55.8 Å². The number of hydrogen-bond donors (Lipinski definition) is 0. The van der Waals surface area contributed by atoms with Crippen LogP contribution in [0, 0.1) is 0 Å². The zero-order valence-corrected chi connectivity index (χ0v) is 36.6. The smallest absolute Gasteiger partial charge is 0.0708 e. The first-order valence-corrected chi connectivity index (χ1v) is 21.7. The van der Waals surface area contributed by atoms with Crippen molar-refractivity contribution < 1.29 is 20.6 Å². The van der Waals surface area contributed by atoms with E-state index < -0.39 is 66.9 Å². The molecule has 0 saturated heterocycles.